The molecule has 0 bridgehead atoms. The van der Waals surface area contributed by atoms with Gasteiger partial charge in [-0.2, -0.15) is 0 Å². The first-order valence-electron chi connectivity index (χ1n) is 7.95. The lowest BCUT2D eigenvalue weighted by Crippen LogP contribution is -2.48. The number of hydrogen-bond donors (Lipinski definition) is 0. The fourth-order valence-electron chi connectivity index (χ4n) is 4.18. The summed E-state index contributed by atoms with van der Waals surface area (Å²) in [6.45, 7) is 22.2. The second-order valence-electron chi connectivity index (χ2n) is 8.96. The zero-order valence-electron chi connectivity index (χ0n) is 14.4. The van der Waals surface area contributed by atoms with Crippen molar-refractivity contribution in [3.8, 4) is 0 Å². The van der Waals surface area contributed by atoms with Crippen LogP contribution in [0.2, 0.25) is 0 Å². The lowest BCUT2D eigenvalue weighted by molar-refractivity contribution is -0.0774. The van der Waals surface area contributed by atoms with Crippen LogP contribution in [0.3, 0.4) is 0 Å². The molecule has 116 valence electrons. The van der Waals surface area contributed by atoms with Crippen molar-refractivity contribution in [1.82, 2.24) is 0 Å². The van der Waals surface area contributed by atoms with Crippen LogP contribution in [-0.4, -0.2) is 0 Å². The average molecular weight is 269 g/mol. The Kier molecular flexibility index (Phi) is 5.78. The predicted molar refractivity (Wildman–Crippen MR) is 89.4 cm³/mol. The van der Waals surface area contributed by atoms with E-state index in [0.29, 0.717) is 16.2 Å². The molecule has 0 unspecified atom stereocenters. The molecule has 1 rings (SSSR count). The first-order chi connectivity index (χ1) is 7.95. The predicted octanol–water partition coefficient (Wildman–Crippen LogP) is 6.79. The summed E-state index contributed by atoms with van der Waals surface area (Å²) in [7, 11) is 0. The van der Waals surface area contributed by atoms with Crippen LogP contribution in [0, 0.1) is 34.0 Å². The van der Waals surface area contributed by atoms with Crippen LogP contribution in [0.4, 0.5) is 0 Å². The van der Waals surface area contributed by atoms with Gasteiger partial charge in [0.1, 0.15) is 0 Å². The lowest BCUT2D eigenvalue weighted by Gasteiger charge is -2.58. The first kappa shape index (κ1) is 19.0. The summed E-state index contributed by atoms with van der Waals surface area (Å²) in [5, 5.41) is 0. The summed E-state index contributed by atoms with van der Waals surface area (Å²) in [5.41, 5.74) is 1.53. The quantitative estimate of drug-likeness (QED) is 0.528. The van der Waals surface area contributed by atoms with Gasteiger partial charge in [0.25, 0.3) is 0 Å². The van der Waals surface area contributed by atoms with Crippen molar-refractivity contribution in [1.29, 1.82) is 0 Å². The van der Waals surface area contributed by atoms with Gasteiger partial charge in [0.05, 0.1) is 0 Å². The number of rotatable bonds is 3. The van der Waals surface area contributed by atoms with Gasteiger partial charge in [0, 0.05) is 0 Å². The maximum absolute atomic E-state index is 2.54. The molecule has 0 radical (unpaired) electrons. The molecular formula is C19H40. The standard InChI is InChI=1S/C18H36.CH4/c1-13(2)16(7)10-17(8,14(3)4)12-18(9,11-16)15(5)6;/h13-15H,10-12H2,1-9H3;1H4. The monoisotopic (exact) mass is 268 g/mol. The van der Waals surface area contributed by atoms with Gasteiger partial charge < -0.3 is 0 Å². The largest absolute Gasteiger partial charge is 0.0776 e. The Hall–Kier alpha value is 0. The Morgan fingerprint density at radius 2 is 0.684 bits per heavy atom. The minimum Gasteiger partial charge on any atom is -0.0776 e. The van der Waals surface area contributed by atoms with Gasteiger partial charge in [-0.3, -0.25) is 0 Å². The highest BCUT2D eigenvalue weighted by molar-refractivity contribution is 5.01. The molecule has 19 heavy (non-hydrogen) atoms. The first-order valence-corrected chi connectivity index (χ1v) is 7.95. The third-order valence-corrected chi connectivity index (χ3v) is 6.60. The van der Waals surface area contributed by atoms with Crippen molar-refractivity contribution in [2.45, 2.75) is 89.0 Å². The van der Waals surface area contributed by atoms with Crippen molar-refractivity contribution in [3.05, 3.63) is 0 Å². The minimum atomic E-state index is 0. The molecule has 0 amide bonds. The zero-order chi connectivity index (χ0) is 14.4. The van der Waals surface area contributed by atoms with Crippen molar-refractivity contribution in [3.63, 3.8) is 0 Å². The van der Waals surface area contributed by atoms with Gasteiger partial charge >= 0.3 is 0 Å². The molecule has 0 spiro atoms. The Morgan fingerprint density at radius 1 is 0.526 bits per heavy atom. The Bertz CT molecular complexity index is 229. The molecule has 0 atom stereocenters. The summed E-state index contributed by atoms with van der Waals surface area (Å²) in [6.07, 6.45) is 4.20. The summed E-state index contributed by atoms with van der Waals surface area (Å²) in [6, 6.07) is 0. The lowest BCUT2D eigenvalue weighted by atomic mass is 9.47. The Morgan fingerprint density at radius 3 is 0.789 bits per heavy atom. The van der Waals surface area contributed by atoms with Gasteiger partial charge in [0.2, 0.25) is 0 Å². The van der Waals surface area contributed by atoms with E-state index in [1.807, 2.05) is 0 Å². The maximum atomic E-state index is 2.54. The van der Waals surface area contributed by atoms with Crippen LogP contribution in [0.5, 0.6) is 0 Å². The fourth-order valence-corrected chi connectivity index (χ4v) is 4.18. The molecule has 0 aliphatic heterocycles. The molecule has 0 heteroatoms. The van der Waals surface area contributed by atoms with Crippen molar-refractivity contribution >= 4 is 0 Å². The van der Waals surface area contributed by atoms with E-state index >= 15 is 0 Å². The molecule has 1 aliphatic rings. The topological polar surface area (TPSA) is 0 Å². The molecule has 1 aliphatic carbocycles. The van der Waals surface area contributed by atoms with Crippen LogP contribution in [-0.2, 0) is 0 Å². The highest BCUT2D eigenvalue weighted by Gasteiger charge is 2.51. The van der Waals surface area contributed by atoms with E-state index in [2.05, 4.69) is 62.3 Å². The van der Waals surface area contributed by atoms with E-state index in [0.717, 1.165) is 17.8 Å². The molecule has 0 N–H and O–H groups in total. The van der Waals surface area contributed by atoms with Gasteiger partial charge in [-0.1, -0.05) is 69.7 Å². The van der Waals surface area contributed by atoms with E-state index in [1.54, 1.807) is 0 Å². The molecule has 0 aromatic rings. The molecule has 1 fully saturated rings. The highest BCUT2D eigenvalue weighted by atomic mass is 14.6. The molecule has 0 aromatic heterocycles. The van der Waals surface area contributed by atoms with Crippen molar-refractivity contribution in [2.75, 3.05) is 0 Å². The smallest absolute Gasteiger partial charge is 0.0292 e. The van der Waals surface area contributed by atoms with Gasteiger partial charge in [-0.25, -0.2) is 0 Å². The fraction of sp³-hybridized carbons (Fsp3) is 1.00. The summed E-state index contributed by atoms with van der Waals surface area (Å²) in [4.78, 5) is 0. The highest BCUT2D eigenvalue weighted by Crippen LogP contribution is 2.61. The van der Waals surface area contributed by atoms with Gasteiger partial charge in [-0.05, 0) is 53.3 Å². The molecular weight excluding hydrogens is 228 g/mol. The van der Waals surface area contributed by atoms with Crippen LogP contribution in [0.15, 0.2) is 0 Å². The average Bonchev–Trinajstić information content (AvgIpc) is 2.14. The maximum Gasteiger partial charge on any atom is -0.0292 e. The van der Waals surface area contributed by atoms with Crippen molar-refractivity contribution in [2.24, 2.45) is 34.0 Å². The molecule has 0 nitrogen and oxygen atoms in total. The Labute approximate surface area is 123 Å². The van der Waals surface area contributed by atoms with E-state index in [-0.39, 0.29) is 7.43 Å². The van der Waals surface area contributed by atoms with E-state index in [4.69, 9.17) is 0 Å². The van der Waals surface area contributed by atoms with Crippen LogP contribution in [0.1, 0.15) is 89.0 Å². The molecule has 0 aromatic carbocycles. The SMILES string of the molecule is C.CC(C)C1(C)CC(C)(C(C)C)CC(C)(C(C)C)C1. The molecule has 0 heterocycles. The van der Waals surface area contributed by atoms with Crippen LogP contribution < -0.4 is 0 Å². The second-order valence-corrected chi connectivity index (χ2v) is 8.96. The number of hydrogen-bond acceptors (Lipinski definition) is 0. The van der Waals surface area contributed by atoms with Gasteiger partial charge in [-0.15, -0.1) is 0 Å². The van der Waals surface area contributed by atoms with E-state index in [1.165, 1.54) is 19.3 Å². The zero-order valence-corrected chi connectivity index (χ0v) is 14.4. The summed E-state index contributed by atoms with van der Waals surface area (Å²) >= 11 is 0. The van der Waals surface area contributed by atoms with Crippen LogP contribution >= 0.6 is 0 Å². The van der Waals surface area contributed by atoms with Gasteiger partial charge in [0.15, 0.2) is 0 Å². The summed E-state index contributed by atoms with van der Waals surface area (Å²) < 4.78 is 0. The normalized spacial score (nSPS) is 39.8. The molecule has 0 saturated heterocycles. The van der Waals surface area contributed by atoms with Crippen molar-refractivity contribution < 1.29 is 0 Å². The molecule has 1 saturated carbocycles. The van der Waals surface area contributed by atoms with E-state index in [9.17, 15) is 0 Å². The second kappa shape index (κ2) is 5.78. The van der Waals surface area contributed by atoms with E-state index < -0.39 is 0 Å². The minimum absolute atomic E-state index is 0. The third kappa shape index (κ3) is 3.56. The Balaban J connectivity index is 0.00000324. The van der Waals surface area contributed by atoms with Crippen LogP contribution in [0.25, 0.3) is 0 Å². The third-order valence-electron chi connectivity index (χ3n) is 6.60. The summed E-state index contributed by atoms with van der Waals surface area (Å²) in [5.74, 6) is 2.36.